The number of hydrogen-bond acceptors (Lipinski definition) is 35. The van der Waals surface area contributed by atoms with Crippen LogP contribution >= 0.6 is 128 Å². The quantitative estimate of drug-likeness (QED) is 0.0328. The number of benzene rings is 3. The van der Waals surface area contributed by atoms with Crippen molar-refractivity contribution in [1.82, 2.24) is 75.8 Å². The first kappa shape index (κ1) is 119. The van der Waals surface area contributed by atoms with E-state index < -0.39 is 74.8 Å². The first-order chi connectivity index (χ1) is 66.6. The molecule has 4 aliphatic heterocycles. The van der Waals surface area contributed by atoms with E-state index in [4.69, 9.17) is 157 Å². The second-order valence-corrected chi connectivity index (χ2v) is 47.5. The molecule has 0 unspecified atom stereocenters. The van der Waals surface area contributed by atoms with E-state index in [1.807, 2.05) is 93.7 Å². The fourth-order valence-electron chi connectivity index (χ4n) is 13.7. The Morgan fingerprint density at radius 3 is 1.10 bits per heavy atom. The van der Waals surface area contributed by atoms with E-state index in [9.17, 15) is 48.1 Å². The molecule has 0 bridgehead atoms. The fraction of sp³-hybridized carbons (Fsp3) is 0.352. The molecule has 2 amide bonds. The number of sulfone groups is 4. The highest BCUT2D eigenvalue weighted by atomic mass is 35.5. The Kier molecular flexibility index (Phi) is 42.0. The Bertz CT molecular complexity index is 7070. The molecule has 0 aliphatic carbocycles. The molecular weight excluding hydrogens is 2170 g/mol. The number of piperazine rings is 2. The van der Waals surface area contributed by atoms with Crippen LogP contribution in [0.15, 0.2) is 171 Å². The monoisotopic (exact) mass is 2270 g/mol. The van der Waals surface area contributed by atoms with Crippen LogP contribution in [-0.2, 0) is 62.9 Å². The van der Waals surface area contributed by atoms with Gasteiger partial charge in [-0.15, -0.1) is 11.8 Å². The molecule has 3 aromatic carbocycles. The number of carboxylic acids is 1. The molecule has 16 rings (SSSR count). The van der Waals surface area contributed by atoms with Crippen LogP contribution in [0.5, 0.6) is 0 Å². The summed E-state index contributed by atoms with van der Waals surface area (Å²) in [6.45, 7) is 28.5. The van der Waals surface area contributed by atoms with Gasteiger partial charge in [-0.2, -0.15) is 0 Å². The molecule has 4 fully saturated rings. The van der Waals surface area contributed by atoms with E-state index in [1.165, 1.54) is 67.6 Å². The van der Waals surface area contributed by atoms with Gasteiger partial charge in [0.1, 0.15) is 111 Å². The third kappa shape index (κ3) is 33.6. The Balaban J connectivity index is 0.000000215. The number of pyridine rings is 6. The second-order valence-electron chi connectivity index (χ2n) is 34.9. The van der Waals surface area contributed by atoms with Crippen molar-refractivity contribution in [2.45, 2.75) is 135 Å². The molecule has 13 heterocycles. The number of rotatable bonds is 12. The van der Waals surface area contributed by atoms with Crippen LogP contribution < -0.4 is 43.5 Å². The lowest BCUT2D eigenvalue weighted by atomic mass is 9.78. The molecule has 4 saturated heterocycles. The topological polar surface area (TPSA) is 529 Å². The lowest BCUT2D eigenvalue weighted by molar-refractivity contribution is -0.131. The maximum absolute atomic E-state index is 12.4. The molecule has 37 nitrogen and oxygen atoms in total. The highest BCUT2D eigenvalue weighted by Crippen LogP contribution is 2.42. The van der Waals surface area contributed by atoms with Gasteiger partial charge in [-0.05, 0) is 204 Å². The molecule has 0 spiro atoms. The van der Waals surface area contributed by atoms with Crippen molar-refractivity contribution in [3.63, 3.8) is 0 Å². The third-order valence-electron chi connectivity index (χ3n) is 21.1. The number of carbonyl (C=O) groups excluding carboxylic acids is 2. The van der Waals surface area contributed by atoms with Crippen molar-refractivity contribution in [2.75, 3.05) is 129 Å². The zero-order valence-corrected chi connectivity index (χ0v) is 92.3. The van der Waals surface area contributed by atoms with Crippen LogP contribution in [-0.4, -0.2) is 253 Å². The molecule has 9 aromatic heterocycles. The van der Waals surface area contributed by atoms with E-state index >= 15 is 0 Å². The summed E-state index contributed by atoms with van der Waals surface area (Å²) in [4.78, 5) is 94.9. The van der Waals surface area contributed by atoms with Crippen molar-refractivity contribution in [3.05, 3.63) is 198 Å². The molecule has 0 radical (unpaired) electrons. The summed E-state index contributed by atoms with van der Waals surface area (Å²) >= 11 is 60.2. The van der Waals surface area contributed by atoms with Gasteiger partial charge in [0.25, 0.3) is 0 Å². The Labute approximate surface area is 890 Å². The maximum Gasteiger partial charge on any atom is 0.496 e. The third-order valence-corrected chi connectivity index (χ3v) is 29.4. The van der Waals surface area contributed by atoms with Gasteiger partial charge in [0, 0.05) is 139 Å². The van der Waals surface area contributed by atoms with Gasteiger partial charge in [-0.3, -0.25) is 0 Å². The van der Waals surface area contributed by atoms with Crippen molar-refractivity contribution < 1.29 is 71.9 Å². The summed E-state index contributed by atoms with van der Waals surface area (Å²) in [5.74, 6) is 1.94. The van der Waals surface area contributed by atoms with Crippen LogP contribution in [0.4, 0.5) is 44.5 Å². The van der Waals surface area contributed by atoms with Crippen molar-refractivity contribution in [2.24, 2.45) is 0 Å². The number of anilines is 6. The largest absolute Gasteiger partial charge is 0.496 e. The van der Waals surface area contributed by atoms with Crippen LogP contribution in [0.25, 0.3) is 55.2 Å². The molecule has 12 aromatic rings. The summed E-state index contributed by atoms with van der Waals surface area (Å²) in [5, 5.41) is 13.0. The second kappa shape index (κ2) is 50.7. The minimum Gasteiger partial charge on any atom is -0.478 e. The Morgan fingerprint density at radius 2 is 0.764 bits per heavy atom. The minimum atomic E-state index is -3.58. The summed E-state index contributed by atoms with van der Waals surface area (Å²) in [6.07, 6.45) is 14.5. The first-order valence-corrected chi connectivity index (χ1v) is 55.6. The molecular formula is C91H106BCl10N21O16S5. The van der Waals surface area contributed by atoms with E-state index in [1.54, 1.807) is 76.4 Å². The summed E-state index contributed by atoms with van der Waals surface area (Å²) < 4.78 is 116. The lowest BCUT2D eigenvalue weighted by Gasteiger charge is -2.36. The number of hydrogen-bond donors (Lipinski definition) is 5. The van der Waals surface area contributed by atoms with E-state index in [2.05, 4.69) is 81.1 Å². The van der Waals surface area contributed by atoms with Crippen molar-refractivity contribution >= 4 is 265 Å². The van der Waals surface area contributed by atoms with Gasteiger partial charge >= 0.3 is 25.3 Å². The van der Waals surface area contributed by atoms with E-state index in [-0.39, 0.29) is 82.2 Å². The summed E-state index contributed by atoms with van der Waals surface area (Å²) in [6, 6.07) is 30.6. The van der Waals surface area contributed by atoms with Crippen LogP contribution in [0.1, 0.15) is 88.5 Å². The predicted molar refractivity (Wildman–Crippen MR) is 574 cm³/mol. The predicted octanol–water partition coefficient (Wildman–Crippen LogP) is 18.8. The summed E-state index contributed by atoms with van der Waals surface area (Å²) in [7, 11) is -14.3. The van der Waals surface area contributed by atoms with Crippen molar-refractivity contribution in [1.29, 1.82) is 0 Å². The van der Waals surface area contributed by atoms with Gasteiger partial charge in [0.05, 0.1) is 59.0 Å². The number of fused-ring (bicyclic) bond motifs is 3. The zero-order chi connectivity index (χ0) is 106. The number of piperidine rings is 1. The van der Waals surface area contributed by atoms with E-state index in [0.717, 1.165) is 95.3 Å². The number of carboxylic acid groups (broad SMARTS) is 1. The number of nitrogens with zero attached hydrogens (tertiary/aromatic N) is 17. The Morgan fingerprint density at radius 1 is 0.438 bits per heavy atom. The number of thioether (sulfide) groups is 1. The molecule has 774 valence electrons. The van der Waals surface area contributed by atoms with Crippen LogP contribution in [0, 0.1) is 0 Å². The lowest BCUT2D eigenvalue weighted by Crippen LogP contribution is -2.50. The highest BCUT2D eigenvalue weighted by Gasteiger charge is 2.52. The number of aromatic nitrogens is 12. The number of aliphatic carboxylic acids is 1. The van der Waals surface area contributed by atoms with Crippen molar-refractivity contribution in [3.8, 4) is 22.5 Å². The molecule has 4 aliphatic rings. The number of nitrogens with two attached hydrogens (primary N) is 3. The number of carbonyl (C=O) groups is 3. The molecule has 0 saturated carbocycles. The molecule has 144 heavy (non-hydrogen) atoms. The zero-order valence-electron chi connectivity index (χ0n) is 80.7. The van der Waals surface area contributed by atoms with Gasteiger partial charge in [-0.25, -0.2) is 108 Å². The number of nitrogen functional groups attached to an aromatic ring is 3. The van der Waals surface area contributed by atoms with Gasteiger partial charge < -0.3 is 71.7 Å². The molecule has 10 N–H and O–H groups in total. The minimum absolute atomic E-state index is 0. The van der Waals surface area contributed by atoms with Gasteiger partial charge in [-0.1, -0.05) is 129 Å². The SMILES string of the molecule is C=CC(=O)O.CC(C)(C)OC(=O)N1CCN(c2ncnc3cc(-c4nc(N)ccc4S(C)(=O)=O)c(Cl)cc23)CC1.CC(C)(C)OC(=O)N1CCN(c2ncnc3cc(B4OC(C)(C)C(C)(C)O4)c(Cl)cc23)CC1.CS(=O)(=O)c1ccc(Cl)nc1Cl.CS(=O)(=O)c1ccc(N)nc1-c1cc2ncnc(N3CCCCC3)c2cc1Cl.CS(=O)(=O)c1ccc(N)nc1Cl.CSc1ccc(Cl)nc1Cl.Clc1cccc(Cl)n1.N. The van der Waals surface area contributed by atoms with E-state index in [0.29, 0.717) is 121 Å². The highest BCUT2D eigenvalue weighted by molar-refractivity contribution is 7.98. The Hall–Kier alpha value is -9.88. The maximum atomic E-state index is 12.4. The standard InChI is InChI=1S/C23H32BClN4O4.C23H27ClN6O4S.C19H20ClN5O2S.C6H5Cl2NO2S.C6H5Cl2NS.C6H7ClN2O2S.C5H3Cl2N.C3H4O2.H3N/c1-21(2,3)31-20(30)29-10-8-28(9-11-29)19-15-12-17(25)16(13-18(15)26-14-27-19)24-32-22(4,5)23(6,7)33-24;1-23(2,3)34-22(31)30-9-7-29(8-10-30)21-15-11-16(24)14(12-17(15)26-13-27-21)20-18(35(4,32)33)5-6-19(25)28-20;1-28(26,27)16-5-6-17(21)24-18(16)12-10-15-13(9-14(12)20)19(23-11-22-15)25-7-3-2-4-8-25;1-12(10,11)4-2-3-5(7)9-6(4)8;1-10-4-2-3-5(7)9-6(4)8;1-12(10,11)4-2-3-5(8)9-6(4)7;6-4-2-1-3-5(7)8-4;1-2-3(4)5;/h12-14H,8-11H2,1-7H3;5-6,11-13H,7-10H2,1-4H3,(H2,25,28);5-6,9-11H,2-4,7-8H2,1H3,(H2,21,24);2-3H,1H3;2-3H,1H3;2-3H,1H3,(H2,8,9);1-3H;2H,1H2,(H,4,5);1H3. The summed E-state index contributed by atoms with van der Waals surface area (Å²) in [5.41, 5.74) is 19.0. The average Bonchev–Trinajstić information content (AvgIpc) is 1.44. The van der Waals surface area contributed by atoms with Crippen LogP contribution in [0.2, 0.25) is 51.1 Å². The molecule has 0 atom stereocenters. The smallest absolute Gasteiger partial charge is 0.478 e. The fourth-order valence-corrected chi connectivity index (χ4v) is 20.1. The first-order valence-electron chi connectivity index (χ1n) is 43.0. The number of halogens is 10. The van der Waals surface area contributed by atoms with Crippen LogP contribution in [0.3, 0.4) is 0 Å². The van der Waals surface area contributed by atoms with Gasteiger partial charge in [0.2, 0.25) is 0 Å². The number of amides is 2. The van der Waals surface area contributed by atoms with Gasteiger partial charge in [0.15, 0.2) is 39.3 Å². The molecule has 53 heteroatoms. The number of ether oxygens (including phenoxy) is 2. The normalized spacial score (nSPS) is 14.6. The average molecular weight is 2280 g/mol.